The van der Waals surface area contributed by atoms with E-state index in [-0.39, 0.29) is 0 Å². The monoisotopic (exact) mass is 239 g/mol. The molecule has 16 heavy (non-hydrogen) atoms. The largest absolute Gasteiger partial charge is 0.388 e. The quantitative estimate of drug-likeness (QED) is 0.848. The van der Waals surface area contributed by atoms with Crippen LogP contribution in [0.3, 0.4) is 0 Å². The maximum atomic E-state index is 10.2. The maximum Gasteiger partial charge on any atom is 0.0819 e. The minimum Gasteiger partial charge on any atom is -0.388 e. The zero-order valence-corrected chi connectivity index (χ0v) is 10.3. The van der Waals surface area contributed by atoms with Gasteiger partial charge in [-0.15, -0.1) is 0 Å². The van der Waals surface area contributed by atoms with E-state index in [9.17, 15) is 5.11 Å². The second-order valence-corrected chi connectivity index (χ2v) is 5.18. The van der Waals surface area contributed by atoms with E-state index >= 15 is 0 Å². The number of aliphatic hydroxyl groups is 1. The van der Waals surface area contributed by atoms with Crippen molar-refractivity contribution in [2.75, 3.05) is 11.9 Å². The van der Waals surface area contributed by atoms with Gasteiger partial charge in [-0.05, 0) is 37.5 Å². The molecular weight excluding hydrogens is 222 g/mol. The van der Waals surface area contributed by atoms with Crippen LogP contribution < -0.4 is 5.32 Å². The third-order valence-corrected chi connectivity index (χ3v) is 3.58. The summed E-state index contributed by atoms with van der Waals surface area (Å²) in [4.78, 5) is 0. The number of benzene rings is 1. The highest BCUT2D eigenvalue weighted by atomic mass is 35.5. The highest BCUT2D eigenvalue weighted by molar-refractivity contribution is 6.33. The van der Waals surface area contributed by atoms with Crippen molar-refractivity contribution >= 4 is 17.3 Å². The van der Waals surface area contributed by atoms with Gasteiger partial charge in [-0.3, -0.25) is 0 Å². The molecule has 2 N–H and O–H groups in total. The van der Waals surface area contributed by atoms with Gasteiger partial charge in [0, 0.05) is 6.54 Å². The Morgan fingerprint density at radius 2 is 2.06 bits per heavy atom. The van der Waals surface area contributed by atoms with Crippen LogP contribution in [0.25, 0.3) is 0 Å². The highest BCUT2D eigenvalue weighted by Gasteiger charge is 2.30. The van der Waals surface area contributed by atoms with Crippen LogP contribution >= 0.6 is 11.6 Å². The normalized spacial score (nSPS) is 18.7. The molecule has 0 atom stereocenters. The van der Waals surface area contributed by atoms with Crippen LogP contribution in [-0.4, -0.2) is 17.3 Å². The van der Waals surface area contributed by atoms with Gasteiger partial charge < -0.3 is 10.4 Å². The average molecular weight is 240 g/mol. The Balaban J connectivity index is 1.99. The second-order valence-electron chi connectivity index (χ2n) is 4.77. The molecule has 0 aromatic heterocycles. The van der Waals surface area contributed by atoms with E-state index in [1.165, 1.54) is 0 Å². The standard InChI is InChI=1S/C13H18ClNO/c1-10-4-5-12(11(14)8-10)15-9-13(16)6-2-3-7-13/h4-5,8,15-16H,2-3,6-7,9H2,1H3. The van der Waals surface area contributed by atoms with Crippen molar-refractivity contribution in [3.05, 3.63) is 28.8 Å². The fourth-order valence-corrected chi connectivity index (χ4v) is 2.54. The van der Waals surface area contributed by atoms with Crippen molar-refractivity contribution in [3.8, 4) is 0 Å². The lowest BCUT2D eigenvalue weighted by Crippen LogP contribution is -2.33. The van der Waals surface area contributed by atoms with Crippen molar-refractivity contribution < 1.29 is 5.11 Å². The number of nitrogens with one attached hydrogen (secondary N) is 1. The van der Waals surface area contributed by atoms with Crippen molar-refractivity contribution in [1.82, 2.24) is 0 Å². The Kier molecular flexibility index (Phi) is 3.41. The minimum absolute atomic E-state index is 0.534. The summed E-state index contributed by atoms with van der Waals surface area (Å²) in [6.45, 7) is 2.61. The van der Waals surface area contributed by atoms with Crippen molar-refractivity contribution in [2.45, 2.75) is 38.2 Å². The summed E-state index contributed by atoms with van der Waals surface area (Å²) in [6.07, 6.45) is 4.03. The molecule has 0 heterocycles. The van der Waals surface area contributed by atoms with Crippen LogP contribution in [-0.2, 0) is 0 Å². The SMILES string of the molecule is Cc1ccc(NCC2(O)CCCC2)c(Cl)c1. The van der Waals surface area contributed by atoms with E-state index in [4.69, 9.17) is 11.6 Å². The molecule has 0 radical (unpaired) electrons. The van der Waals surface area contributed by atoms with E-state index in [0.717, 1.165) is 42.0 Å². The van der Waals surface area contributed by atoms with Crippen LogP contribution in [0.2, 0.25) is 5.02 Å². The van der Waals surface area contributed by atoms with Crippen LogP contribution in [0.15, 0.2) is 18.2 Å². The fourth-order valence-electron chi connectivity index (χ4n) is 2.23. The molecule has 3 heteroatoms. The van der Waals surface area contributed by atoms with E-state index in [0.29, 0.717) is 6.54 Å². The smallest absolute Gasteiger partial charge is 0.0819 e. The summed E-state index contributed by atoms with van der Waals surface area (Å²) in [7, 11) is 0. The number of hydrogen-bond acceptors (Lipinski definition) is 2. The summed E-state index contributed by atoms with van der Waals surface area (Å²) in [5, 5.41) is 14.2. The predicted molar refractivity (Wildman–Crippen MR) is 68.1 cm³/mol. The topological polar surface area (TPSA) is 32.3 Å². The third kappa shape index (κ3) is 2.69. The molecule has 0 saturated heterocycles. The van der Waals surface area contributed by atoms with Gasteiger partial charge >= 0.3 is 0 Å². The molecule has 1 fully saturated rings. The maximum absolute atomic E-state index is 10.2. The van der Waals surface area contributed by atoms with Gasteiger partial charge in [-0.25, -0.2) is 0 Å². The van der Waals surface area contributed by atoms with Crippen LogP contribution in [0.4, 0.5) is 5.69 Å². The summed E-state index contributed by atoms with van der Waals surface area (Å²) in [5.41, 5.74) is 1.52. The number of anilines is 1. The number of halogens is 1. The summed E-state index contributed by atoms with van der Waals surface area (Å²) >= 11 is 6.12. The Morgan fingerprint density at radius 1 is 1.38 bits per heavy atom. The molecule has 1 saturated carbocycles. The van der Waals surface area contributed by atoms with Gasteiger partial charge in [0.1, 0.15) is 0 Å². The van der Waals surface area contributed by atoms with E-state index < -0.39 is 5.60 Å². The summed E-state index contributed by atoms with van der Waals surface area (Å²) in [5.74, 6) is 0. The van der Waals surface area contributed by atoms with Gasteiger partial charge in [0.05, 0.1) is 16.3 Å². The van der Waals surface area contributed by atoms with E-state index in [2.05, 4.69) is 5.32 Å². The van der Waals surface area contributed by atoms with Crippen LogP contribution in [0.5, 0.6) is 0 Å². The van der Waals surface area contributed by atoms with Crippen molar-refractivity contribution in [3.63, 3.8) is 0 Å². The Bertz CT molecular complexity index is 372. The Hall–Kier alpha value is -0.730. The number of aryl methyl sites for hydroxylation is 1. The van der Waals surface area contributed by atoms with E-state index in [1.807, 2.05) is 25.1 Å². The molecule has 2 nitrogen and oxygen atoms in total. The number of rotatable bonds is 3. The first-order chi connectivity index (χ1) is 7.59. The van der Waals surface area contributed by atoms with Crippen LogP contribution in [0.1, 0.15) is 31.2 Å². The number of hydrogen-bond donors (Lipinski definition) is 2. The average Bonchev–Trinajstić information content (AvgIpc) is 2.64. The first-order valence-electron chi connectivity index (χ1n) is 5.81. The van der Waals surface area contributed by atoms with Gasteiger partial charge in [-0.2, -0.15) is 0 Å². The molecule has 1 aromatic rings. The molecule has 1 aromatic carbocycles. The van der Waals surface area contributed by atoms with Gasteiger partial charge in [-0.1, -0.05) is 30.5 Å². The van der Waals surface area contributed by atoms with E-state index in [1.54, 1.807) is 0 Å². The molecule has 0 bridgehead atoms. The molecule has 0 amide bonds. The molecular formula is C13H18ClNO. The second kappa shape index (κ2) is 4.64. The zero-order chi connectivity index (χ0) is 11.6. The first kappa shape index (κ1) is 11.7. The summed E-state index contributed by atoms with van der Waals surface area (Å²) < 4.78 is 0. The van der Waals surface area contributed by atoms with Gasteiger partial charge in [0.2, 0.25) is 0 Å². The lowest BCUT2D eigenvalue weighted by Gasteiger charge is -2.23. The van der Waals surface area contributed by atoms with Crippen molar-refractivity contribution in [2.24, 2.45) is 0 Å². The molecule has 1 aliphatic carbocycles. The zero-order valence-electron chi connectivity index (χ0n) is 9.59. The highest BCUT2D eigenvalue weighted by Crippen LogP contribution is 2.30. The lowest BCUT2D eigenvalue weighted by atomic mass is 10.0. The Labute approximate surface area is 102 Å². The van der Waals surface area contributed by atoms with Gasteiger partial charge in [0.15, 0.2) is 0 Å². The molecule has 1 aliphatic rings. The molecule has 88 valence electrons. The third-order valence-electron chi connectivity index (χ3n) is 3.27. The minimum atomic E-state index is -0.534. The van der Waals surface area contributed by atoms with Crippen molar-refractivity contribution in [1.29, 1.82) is 0 Å². The first-order valence-corrected chi connectivity index (χ1v) is 6.19. The molecule has 0 unspecified atom stereocenters. The molecule has 2 rings (SSSR count). The lowest BCUT2D eigenvalue weighted by molar-refractivity contribution is 0.0615. The fraction of sp³-hybridized carbons (Fsp3) is 0.538. The summed E-state index contributed by atoms with van der Waals surface area (Å²) in [6, 6.07) is 5.92. The Morgan fingerprint density at radius 3 is 2.69 bits per heavy atom. The molecule has 0 spiro atoms. The van der Waals surface area contributed by atoms with Crippen LogP contribution in [0, 0.1) is 6.92 Å². The van der Waals surface area contributed by atoms with Gasteiger partial charge in [0.25, 0.3) is 0 Å². The predicted octanol–water partition coefficient (Wildman–Crippen LogP) is 3.37. The molecule has 0 aliphatic heterocycles.